The average molecular weight is 397 g/mol. The number of halogens is 1. The van der Waals surface area contributed by atoms with Crippen molar-refractivity contribution in [2.75, 3.05) is 13.2 Å². The van der Waals surface area contributed by atoms with E-state index in [0.717, 1.165) is 4.90 Å². The Morgan fingerprint density at radius 1 is 1.29 bits per heavy atom. The molecule has 154 valence electrons. The molecule has 0 unspecified atom stereocenters. The molecule has 1 saturated heterocycles. The van der Waals surface area contributed by atoms with Crippen LogP contribution in [0.1, 0.15) is 27.2 Å². The van der Waals surface area contributed by atoms with Crippen molar-refractivity contribution in [1.29, 1.82) is 0 Å². The van der Waals surface area contributed by atoms with Gasteiger partial charge in [0.2, 0.25) is 0 Å². The monoisotopic (exact) mass is 397 g/mol. The smallest absolute Gasteiger partial charge is 0.413 e. The number of carboxylic acids is 1. The maximum absolute atomic E-state index is 13.2. The minimum atomic E-state index is -1.17. The molecule has 8 nitrogen and oxygen atoms in total. The van der Waals surface area contributed by atoms with Gasteiger partial charge in [-0.15, -0.1) is 0 Å². The molecule has 2 rings (SSSR count). The molecule has 1 N–H and O–H groups in total. The number of hydrogen-bond acceptors (Lipinski definition) is 6. The second-order valence-electron chi connectivity index (χ2n) is 6.98. The summed E-state index contributed by atoms with van der Waals surface area (Å²) in [4.78, 5) is 36.3. The van der Waals surface area contributed by atoms with Gasteiger partial charge >= 0.3 is 18.0 Å². The minimum Gasteiger partial charge on any atom is -0.493 e. The molecule has 1 heterocycles. The van der Waals surface area contributed by atoms with Gasteiger partial charge in [0.15, 0.2) is 0 Å². The van der Waals surface area contributed by atoms with Gasteiger partial charge in [0, 0.05) is 31.4 Å². The quantitative estimate of drug-likeness (QED) is 0.557. The maximum Gasteiger partial charge on any atom is 0.413 e. The van der Waals surface area contributed by atoms with E-state index in [1.165, 1.54) is 25.1 Å². The van der Waals surface area contributed by atoms with Crippen LogP contribution in [0, 0.1) is 17.7 Å². The number of nitrogens with zero attached hydrogens (tertiary/aromatic N) is 1. The lowest BCUT2D eigenvalue weighted by molar-refractivity contribution is -0.174. The molecule has 1 aliphatic heterocycles. The lowest BCUT2D eigenvalue weighted by Gasteiger charge is -2.26. The second kappa shape index (κ2) is 9.38. The van der Waals surface area contributed by atoms with Crippen molar-refractivity contribution >= 4 is 18.0 Å². The van der Waals surface area contributed by atoms with E-state index >= 15 is 0 Å². The van der Waals surface area contributed by atoms with Gasteiger partial charge in [-0.1, -0.05) is 19.9 Å². The lowest BCUT2D eigenvalue weighted by atomic mass is 10.1. The van der Waals surface area contributed by atoms with E-state index in [9.17, 15) is 23.9 Å². The van der Waals surface area contributed by atoms with Gasteiger partial charge in [-0.05, 0) is 18.6 Å². The number of carbonyl (C=O) groups excluding carboxylic acids is 2. The fourth-order valence-corrected chi connectivity index (χ4v) is 2.88. The standard InChI is InChI=1S/C19H24FNO7/c1-11(2)18(27-12(3)22)28-19(25)21-9-13(7-16(21)17(23)24)10-26-15-6-4-5-14(20)8-15/h4-6,8,11,13,16,18H,7,9-10H2,1-3H3,(H,23,24)/t13-,16-,18-/m0/s1. The van der Waals surface area contributed by atoms with Gasteiger partial charge in [0.1, 0.15) is 17.6 Å². The third kappa shape index (κ3) is 5.83. The molecule has 0 aromatic heterocycles. The van der Waals surface area contributed by atoms with E-state index in [0.29, 0.717) is 5.75 Å². The van der Waals surface area contributed by atoms with Crippen molar-refractivity contribution in [2.24, 2.45) is 11.8 Å². The van der Waals surface area contributed by atoms with E-state index < -0.39 is 36.2 Å². The number of amides is 1. The highest BCUT2D eigenvalue weighted by atomic mass is 19.1. The number of esters is 1. The zero-order valence-electron chi connectivity index (χ0n) is 16.0. The Morgan fingerprint density at radius 3 is 2.57 bits per heavy atom. The van der Waals surface area contributed by atoms with E-state index in [2.05, 4.69) is 0 Å². The topological polar surface area (TPSA) is 102 Å². The van der Waals surface area contributed by atoms with E-state index in [1.807, 2.05) is 0 Å². The van der Waals surface area contributed by atoms with Gasteiger partial charge < -0.3 is 19.3 Å². The summed E-state index contributed by atoms with van der Waals surface area (Å²) < 4.78 is 28.9. The summed E-state index contributed by atoms with van der Waals surface area (Å²) in [6.07, 6.45) is -1.82. The molecule has 0 aliphatic carbocycles. The summed E-state index contributed by atoms with van der Waals surface area (Å²) >= 11 is 0. The number of carbonyl (C=O) groups is 3. The largest absolute Gasteiger partial charge is 0.493 e. The number of aliphatic carboxylic acids is 1. The molecule has 1 aromatic rings. The van der Waals surface area contributed by atoms with Crippen molar-refractivity contribution in [1.82, 2.24) is 4.90 Å². The van der Waals surface area contributed by atoms with E-state index in [-0.39, 0.29) is 31.4 Å². The Balaban J connectivity index is 2.00. The van der Waals surface area contributed by atoms with Crippen LogP contribution in [0.15, 0.2) is 24.3 Å². The highest BCUT2D eigenvalue weighted by Crippen LogP contribution is 2.26. The van der Waals surface area contributed by atoms with Crippen LogP contribution in [-0.2, 0) is 19.1 Å². The SMILES string of the molecule is CC(=O)O[C@@H](OC(=O)N1C[C@@H](COc2cccc(F)c2)C[C@H]1C(=O)O)C(C)C. The number of benzene rings is 1. The minimum absolute atomic E-state index is 0.0933. The molecule has 0 spiro atoms. The molecule has 3 atom stereocenters. The number of hydrogen-bond donors (Lipinski definition) is 1. The van der Waals surface area contributed by atoms with Crippen molar-refractivity contribution in [3.05, 3.63) is 30.1 Å². The van der Waals surface area contributed by atoms with Crippen LogP contribution in [0.5, 0.6) is 5.75 Å². The summed E-state index contributed by atoms with van der Waals surface area (Å²) in [6.45, 7) is 4.81. The molecule has 0 radical (unpaired) electrons. The lowest BCUT2D eigenvalue weighted by Crippen LogP contribution is -2.43. The summed E-state index contributed by atoms with van der Waals surface area (Å²) in [5, 5.41) is 9.44. The predicted octanol–water partition coefficient (Wildman–Crippen LogP) is 2.66. The highest BCUT2D eigenvalue weighted by molar-refractivity contribution is 5.81. The van der Waals surface area contributed by atoms with Crippen molar-refractivity contribution in [3.8, 4) is 5.75 Å². The number of likely N-dealkylation sites (tertiary alicyclic amines) is 1. The van der Waals surface area contributed by atoms with Crippen LogP contribution in [0.2, 0.25) is 0 Å². The fraction of sp³-hybridized carbons (Fsp3) is 0.526. The molecule has 1 amide bonds. The molecule has 1 aromatic carbocycles. The Morgan fingerprint density at radius 2 is 2.00 bits per heavy atom. The Bertz CT molecular complexity index is 724. The summed E-state index contributed by atoms with van der Waals surface area (Å²) in [6, 6.07) is 4.52. The number of ether oxygens (including phenoxy) is 3. The van der Waals surface area contributed by atoms with Crippen molar-refractivity contribution < 1.29 is 38.1 Å². The van der Waals surface area contributed by atoms with Gasteiger partial charge in [-0.25, -0.2) is 14.0 Å². The van der Waals surface area contributed by atoms with Crippen LogP contribution >= 0.6 is 0 Å². The molecule has 0 saturated carbocycles. The Kier molecular flexibility index (Phi) is 7.19. The molecule has 1 aliphatic rings. The third-order valence-electron chi connectivity index (χ3n) is 4.23. The van der Waals surface area contributed by atoms with E-state index in [4.69, 9.17) is 14.2 Å². The number of carboxylic acid groups (broad SMARTS) is 1. The molecule has 1 fully saturated rings. The summed E-state index contributed by atoms with van der Waals surface area (Å²) in [5.41, 5.74) is 0. The predicted molar refractivity (Wildman–Crippen MR) is 95.0 cm³/mol. The first-order chi connectivity index (χ1) is 13.2. The zero-order chi connectivity index (χ0) is 20.8. The normalized spacial score (nSPS) is 20.0. The van der Waals surface area contributed by atoms with Gasteiger partial charge in [-0.3, -0.25) is 9.69 Å². The zero-order valence-corrected chi connectivity index (χ0v) is 16.0. The Hall–Kier alpha value is -2.84. The second-order valence-corrected chi connectivity index (χ2v) is 6.98. The van der Waals surface area contributed by atoms with E-state index in [1.54, 1.807) is 19.9 Å². The molecular weight excluding hydrogens is 373 g/mol. The van der Waals surface area contributed by atoms with Crippen LogP contribution in [-0.4, -0.2) is 53.5 Å². The maximum atomic E-state index is 13.2. The van der Waals surface area contributed by atoms with Gasteiger partial charge in [-0.2, -0.15) is 0 Å². The molecule has 9 heteroatoms. The van der Waals surface area contributed by atoms with Gasteiger partial charge in [0.05, 0.1) is 6.61 Å². The fourth-order valence-electron chi connectivity index (χ4n) is 2.88. The first-order valence-electron chi connectivity index (χ1n) is 8.93. The Labute approximate surface area is 162 Å². The van der Waals surface area contributed by atoms with Gasteiger partial charge in [0.25, 0.3) is 6.29 Å². The third-order valence-corrected chi connectivity index (χ3v) is 4.23. The van der Waals surface area contributed by atoms with Crippen molar-refractivity contribution in [2.45, 2.75) is 39.5 Å². The van der Waals surface area contributed by atoms with Crippen LogP contribution in [0.25, 0.3) is 0 Å². The first-order valence-corrected chi connectivity index (χ1v) is 8.93. The van der Waals surface area contributed by atoms with Crippen LogP contribution < -0.4 is 4.74 Å². The number of rotatable bonds is 7. The highest BCUT2D eigenvalue weighted by Gasteiger charge is 2.42. The van der Waals surface area contributed by atoms with Crippen LogP contribution in [0.4, 0.5) is 9.18 Å². The molecule has 0 bridgehead atoms. The summed E-state index contributed by atoms with van der Waals surface area (Å²) in [5.74, 6) is -2.47. The summed E-state index contributed by atoms with van der Waals surface area (Å²) in [7, 11) is 0. The first kappa shape index (κ1) is 21.5. The van der Waals surface area contributed by atoms with Crippen molar-refractivity contribution in [3.63, 3.8) is 0 Å². The average Bonchev–Trinajstić information content (AvgIpc) is 3.04. The molecule has 28 heavy (non-hydrogen) atoms. The molecular formula is C19H24FNO7. The van der Waals surface area contributed by atoms with Crippen LogP contribution in [0.3, 0.4) is 0 Å².